The number of nitrogens with one attached hydrogen (secondary N) is 1. The highest BCUT2D eigenvalue weighted by atomic mass is 19.4. The number of carbonyl (C=O) groups is 1. The van der Waals surface area contributed by atoms with Crippen LogP contribution < -0.4 is 0 Å². The molecule has 0 spiro atoms. The molecule has 14 heteroatoms. The summed E-state index contributed by atoms with van der Waals surface area (Å²) in [6, 6.07) is 3.71. The van der Waals surface area contributed by atoms with Gasteiger partial charge in [-0.25, -0.2) is 27.7 Å². The molecule has 5 heterocycles. The van der Waals surface area contributed by atoms with Crippen LogP contribution >= 0.6 is 0 Å². The highest BCUT2D eigenvalue weighted by molar-refractivity contribution is 5.93. The Labute approximate surface area is 198 Å². The average molecular weight is 512 g/mol. The third-order valence-corrected chi connectivity index (χ3v) is 5.82. The standard InChI is InChI=1S/C22H18F6N6O2/c1-21(2,25)20-31-15(18(23)24)17(36-20)19(35)33-7-6-11-14(30-9-29-11)16(33)12-8-10-4-3-5-13(22(26,27)28)34(10)32-12/h3-5,8-9,16,18H,6-7H2,1-2H3,(H,29,30)/t16-/m1/s1. The predicted octanol–water partition coefficient (Wildman–Crippen LogP) is 4.99. The van der Waals surface area contributed by atoms with Crippen LogP contribution in [0.15, 0.2) is 35.0 Å². The van der Waals surface area contributed by atoms with Crippen molar-refractivity contribution < 1.29 is 35.6 Å². The minimum Gasteiger partial charge on any atom is -0.431 e. The van der Waals surface area contributed by atoms with E-state index in [4.69, 9.17) is 4.42 Å². The first kappa shape index (κ1) is 23.9. The smallest absolute Gasteiger partial charge is 0.431 e. The van der Waals surface area contributed by atoms with E-state index in [1.54, 1.807) is 0 Å². The number of amides is 1. The zero-order valence-corrected chi connectivity index (χ0v) is 18.8. The number of H-pyrrole nitrogens is 1. The molecule has 0 saturated heterocycles. The molecule has 1 atom stereocenters. The van der Waals surface area contributed by atoms with Crippen LogP contribution in [0.5, 0.6) is 0 Å². The Balaban J connectivity index is 1.64. The first-order valence-corrected chi connectivity index (χ1v) is 10.7. The van der Waals surface area contributed by atoms with Crippen LogP contribution in [0.25, 0.3) is 5.52 Å². The molecule has 1 N–H and O–H groups in total. The van der Waals surface area contributed by atoms with Crippen molar-refractivity contribution in [1.82, 2.24) is 29.5 Å². The van der Waals surface area contributed by atoms with E-state index in [0.717, 1.165) is 24.8 Å². The second-order valence-corrected chi connectivity index (χ2v) is 8.74. The van der Waals surface area contributed by atoms with Crippen LogP contribution in [0.3, 0.4) is 0 Å². The molecule has 0 radical (unpaired) electrons. The van der Waals surface area contributed by atoms with Gasteiger partial charge in [0.2, 0.25) is 11.7 Å². The van der Waals surface area contributed by atoms with Crippen LogP contribution in [0.2, 0.25) is 0 Å². The summed E-state index contributed by atoms with van der Waals surface area (Å²) in [6.07, 6.45) is -6.34. The summed E-state index contributed by atoms with van der Waals surface area (Å²) in [5.74, 6) is -2.59. The largest absolute Gasteiger partial charge is 0.433 e. The number of hydrogen-bond donors (Lipinski definition) is 1. The van der Waals surface area contributed by atoms with Crippen LogP contribution in [-0.4, -0.2) is 41.9 Å². The Morgan fingerprint density at radius 2 is 1.97 bits per heavy atom. The van der Waals surface area contributed by atoms with Gasteiger partial charge >= 0.3 is 6.18 Å². The maximum atomic E-state index is 14.4. The Kier molecular flexibility index (Phi) is 5.37. The molecule has 5 rings (SSSR count). The molecular formula is C22H18F6N6O2. The molecular weight excluding hydrogens is 494 g/mol. The number of nitrogens with zero attached hydrogens (tertiary/aromatic N) is 5. The maximum absolute atomic E-state index is 14.4. The number of rotatable bonds is 4. The molecule has 0 fully saturated rings. The number of aromatic amines is 1. The lowest BCUT2D eigenvalue weighted by Gasteiger charge is -2.33. The molecule has 36 heavy (non-hydrogen) atoms. The topological polar surface area (TPSA) is 92.3 Å². The van der Waals surface area contributed by atoms with Crippen LogP contribution in [0.1, 0.15) is 71.2 Å². The number of hydrogen-bond acceptors (Lipinski definition) is 5. The van der Waals surface area contributed by atoms with E-state index in [-0.39, 0.29) is 29.9 Å². The summed E-state index contributed by atoms with van der Waals surface area (Å²) >= 11 is 0. The molecule has 1 aliphatic rings. The van der Waals surface area contributed by atoms with Gasteiger partial charge in [0.15, 0.2) is 11.4 Å². The van der Waals surface area contributed by atoms with Gasteiger partial charge in [-0.1, -0.05) is 6.07 Å². The normalized spacial score (nSPS) is 16.7. The number of oxazole rings is 1. The third-order valence-electron chi connectivity index (χ3n) is 5.82. The molecule has 0 unspecified atom stereocenters. The van der Waals surface area contributed by atoms with E-state index in [1.807, 2.05) is 0 Å². The number of alkyl halides is 6. The van der Waals surface area contributed by atoms with E-state index in [1.165, 1.54) is 24.5 Å². The Bertz CT molecular complexity index is 1450. The van der Waals surface area contributed by atoms with Gasteiger partial charge in [-0.05, 0) is 32.0 Å². The number of halogens is 6. The van der Waals surface area contributed by atoms with E-state index in [0.29, 0.717) is 10.2 Å². The second kappa shape index (κ2) is 8.10. The molecule has 4 aromatic heterocycles. The SMILES string of the molecule is CC(C)(F)c1nc(C(F)F)c(C(=O)N2CCc3[nH]cnc3[C@H]2c2cc3cccc(C(F)(F)F)n3n2)o1. The molecule has 190 valence electrons. The summed E-state index contributed by atoms with van der Waals surface area (Å²) in [7, 11) is 0. The van der Waals surface area contributed by atoms with Crippen LogP contribution in [-0.2, 0) is 18.3 Å². The lowest BCUT2D eigenvalue weighted by molar-refractivity contribution is -0.142. The Morgan fingerprint density at radius 3 is 2.64 bits per heavy atom. The van der Waals surface area contributed by atoms with Crippen molar-refractivity contribution >= 4 is 11.4 Å². The summed E-state index contributed by atoms with van der Waals surface area (Å²) in [6.45, 7) is 2.05. The van der Waals surface area contributed by atoms with Gasteiger partial charge in [0.25, 0.3) is 12.3 Å². The fourth-order valence-corrected chi connectivity index (χ4v) is 4.20. The van der Waals surface area contributed by atoms with Crippen LogP contribution in [0.4, 0.5) is 26.3 Å². The van der Waals surface area contributed by atoms with E-state index < -0.39 is 53.3 Å². The van der Waals surface area contributed by atoms with Crippen LogP contribution in [0, 0.1) is 0 Å². The summed E-state index contributed by atoms with van der Waals surface area (Å²) in [5, 5.41) is 4.10. The quantitative estimate of drug-likeness (QED) is 0.389. The van der Waals surface area contributed by atoms with Crippen molar-refractivity contribution in [3.63, 3.8) is 0 Å². The van der Waals surface area contributed by atoms with Gasteiger partial charge in [0.05, 0.1) is 23.2 Å². The van der Waals surface area contributed by atoms with Crippen molar-refractivity contribution in [2.45, 2.75) is 44.6 Å². The predicted molar refractivity (Wildman–Crippen MR) is 111 cm³/mol. The van der Waals surface area contributed by atoms with E-state index in [9.17, 15) is 31.1 Å². The summed E-state index contributed by atoms with van der Waals surface area (Å²) in [5.41, 5.74) is -3.28. The van der Waals surface area contributed by atoms with Gasteiger partial charge in [-0.2, -0.15) is 18.3 Å². The maximum Gasteiger partial charge on any atom is 0.433 e. The number of aromatic nitrogens is 5. The highest BCUT2D eigenvalue weighted by Crippen LogP contribution is 2.38. The fourth-order valence-electron chi connectivity index (χ4n) is 4.20. The lowest BCUT2D eigenvalue weighted by Crippen LogP contribution is -2.41. The van der Waals surface area contributed by atoms with Crippen molar-refractivity contribution in [3.8, 4) is 0 Å². The molecule has 0 bridgehead atoms. The highest BCUT2D eigenvalue weighted by Gasteiger charge is 2.42. The van der Waals surface area contributed by atoms with Crippen molar-refractivity contribution in [2.24, 2.45) is 0 Å². The monoisotopic (exact) mass is 512 g/mol. The van der Waals surface area contributed by atoms with Gasteiger partial charge in [-0.3, -0.25) is 4.79 Å². The number of carbonyl (C=O) groups excluding carboxylic acids is 1. The summed E-state index contributed by atoms with van der Waals surface area (Å²) in [4.78, 5) is 25.2. The second-order valence-electron chi connectivity index (χ2n) is 8.74. The zero-order valence-electron chi connectivity index (χ0n) is 18.8. The molecule has 1 aliphatic heterocycles. The first-order valence-electron chi connectivity index (χ1n) is 10.7. The minimum absolute atomic E-state index is 0.0252. The molecule has 8 nitrogen and oxygen atoms in total. The number of pyridine rings is 1. The van der Waals surface area contributed by atoms with Crippen molar-refractivity contribution in [2.75, 3.05) is 6.54 Å². The Hall–Kier alpha value is -3.84. The molecule has 0 aliphatic carbocycles. The van der Waals surface area contributed by atoms with E-state index in [2.05, 4.69) is 20.1 Å². The van der Waals surface area contributed by atoms with E-state index >= 15 is 0 Å². The molecule has 4 aromatic rings. The van der Waals surface area contributed by atoms with Gasteiger partial charge in [0, 0.05) is 18.7 Å². The average Bonchev–Trinajstić information content (AvgIpc) is 3.53. The molecule has 1 amide bonds. The zero-order chi connectivity index (χ0) is 26.0. The Morgan fingerprint density at radius 1 is 1.22 bits per heavy atom. The number of fused-ring (bicyclic) bond motifs is 2. The third kappa shape index (κ3) is 3.89. The number of imidazole rings is 1. The van der Waals surface area contributed by atoms with Gasteiger partial charge in [0.1, 0.15) is 11.7 Å². The van der Waals surface area contributed by atoms with Gasteiger partial charge < -0.3 is 14.3 Å². The molecule has 0 aromatic carbocycles. The lowest BCUT2D eigenvalue weighted by atomic mass is 9.99. The minimum atomic E-state index is -4.70. The molecule has 0 saturated carbocycles. The van der Waals surface area contributed by atoms with Gasteiger partial charge in [-0.15, -0.1) is 0 Å². The van der Waals surface area contributed by atoms with Crippen molar-refractivity contribution in [1.29, 1.82) is 0 Å². The fraction of sp³-hybridized carbons (Fsp3) is 0.364. The van der Waals surface area contributed by atoms with Crippen molar-refractivity contribution in [3.05, 3.63) is 70.7 Å². The first-order chi connectivity index (χ1) is 16.9. The summed E-state index contributed by atoms with van der Waals surface area (Å²) < 4.78 is 88.3.